The zero-order chi connectivity index (χ0) is 20.0. The molecule has 0 bridgehead atoms. The molecule has 1 heteroatoms. The summed E-state index contributed by atoms with van der Waals surface area (Å²) < 4.78 is 0. The van der Waals surface area contributed by atoms with Gasteiger partial charge in [-0.15, -0.1) is 0 Å². The van der Waals surface area contributed by atoms with Gasteiger partial charge in [0.2, 0.25) is 0 Å². The molecule has 0 amide bonds. The minimum absolute atomic E-state index is 0.500. The molecule has 0 radical (unpaired) electrons. The van der Waals surface area contributed by atoms with Gasteiger partial charge in [-0.1, -0.05) is 98.1 Å². The van der Waals surface area contributed by atoms with Crippen molar-refractivity contribution in [2.24, 2.45) is 16.3 Å². The average Bonchev–Trinajstić information content (AvgIpc) is 3.22. The van der Waals surface area contributed by atoms with Crippen LogP contribution in [0.5, 0.6) is 0 Å². The first-order valence-electron chi connectivity index (χ1n) is 9.67. The summed E-state index contributed by atoms with van der Waals surface area (Å²) in [5.41, 5.74) is 5.01. The largest absolute Gasteiger partial charge is 0.262 e. The Labute approximate surface area is 158 Å². The summed E-state index contributed by atoms with van der Waals surface area (Å²) in [6.45, 7) is 25.1. The predicted molar refractivity (Wildman–Crippen MR) is 118 cm³/mol. The summed E-state index contributed by atoms with van der Waals surface area (Å²) in [6.07, 6.45) is 6.09. The van der Waals surface area contributed by atoms with Crippen molar-refractivity contribution in [2.75, 3.05) is 0 Å². The van der Waals surface area contributed by atoms with Crippen LogP contribution in [-0.2, 0) is 0 Å². The topological polar surface area (TPSA) is 12.4 Å². The highest BCUT2D eigenvalue weighted by Gasteiger charge is 2.12. The average molecular weight is 346 g/mol. The van der Waals surface area contributed by atoms with Crippen molar-refractivity contribution in [3.8, 4) is 0 Å². The lowest BCUT2D eigenvalue weighted by molar-refractivity contribution is 0.469. The van der Waals surface area contributed by atoms with Gasteiger partial charge < -0.3 is 0 Å². The number of aryl methyl sites for hydroxylation is 2. The molecule has 0 aromatic heterocycles. The fourth-order valence-corrected chi connectivity index (χ4v) is 1.25. The molecule has 25 heavy (non-hydrogen) atoms. The Bertz CT molecular complexity index is 493. The highest BCUT2D eigenvalue weighted by atomic mass is 14.7. The summed E-state index contributed by atoms with van der Waals surface area (Å²) in [4.78, 5) is 4.18. The normalized spacial score (nSPS) is 12.9. The molecule has 1 nitrogen and oxygen atoms in total. The van der Waals surface area contributed by atoms with Crippen LogP contribution in [0.15, 0.2) is 35.5 Å². The predicted octanol–water partition coefficient (Wildman–Crippen LogP) is 8.14. The van der Waals surface area contributed by atoms with Gasteiger partial charge in [0.15, 0.2) is 0 Å². The molecule has 1 aromatic rings. The van der Waals surface area contributed by atoms with E-state index in [0.717, 1.165) is 11.6 Å². The lowest BCUT2D eigenvalue weighted by Crippen LogP contribution is -1.93. The van der Waals surface area contributed by atoms with Gasteiger partial charge >= 0.3 is 0 Å². The van der Waals surface area contributed by atoms with Gasteiger partial charge in [-0.25, -0.2) is 0 Å². The SMILES string of the molecule is C=C(C)N=Cc1cc(C)ccc1C.CC(C)(C)C.CC1CC1.CCC. The quantitative estimate of drug-likeness (QED) is 0.479. The van der Waals surface area contributed by atoms with E-state index in [0.29, 0.717) is 5.41 Å². The van der Waals surface area contributed by atoms with Crippen LogP contribution in [-0.4, -0.2) is 6.21 Å². The van der Waals surface area contributed by atoms with E-state index in [2.05, 4.69) is 92.1 Å². The van der Waals surface area contributed by atoms with Gasteiger partial charge in [0.05, 0.1) is 0 Å². The second-order valence-electron chi connectivity index (χ2n) is 8.74. The summed E-state index contributed by atoms with van der Waals surface area (Å²) in [7, 11) is 0. The molecule has 0 unspecified atom stereocenters. The maximum absolute atomic E-state index is 4.18. The first kappa shape index (κ1) is 25.9. The monoisotopic (exact) mass is 345 g/mol. The Balaban J connectivity index is 0. The van der Waals surface area contributed by atoms with E-state index in [4.69, 9.17) is 0 Å². The van der Waals surface area contributed by atoms with Crippen LogP contribution in [0.3, 0.4) is 0 Å². The van der Waals surface area contributed by atoms with Crippen LogP contribution in [0, 0.1) is 25.2 Å². The van der Waals surface area contributed by atoms with E-state index in [9.17, 15) is 0 Å². The van der Waals surface area contributed by atoms with Crippen LogP contribution >= 0.6 is 0 Å². The molecule has 0 N–H and O–H groups in total. The number of aliphatic imine (C=N–C) groups is 1. The van der Waals surface area contributed by atoms with Crippen LogP contribution in [0.1, 0.15) is 91.3 Å². The number of allylic oxidation sites excluding steroid dienone is 1. The van der Waals surface area contributed by atoms with Crippen molar-refractivity contribution in [3.63, 3.8) is 0 Å². The molecule has 1 aliphatic carbocycles. The zero-order valence-electron chi connectivity index (χ0n) is 18.7. The molecule has 1 aromatic carbocycles. The second-order valence-corrected chi connectivity index (χ2v) is 8.74. The molecule has 1 fully saturated rings. The highest BCUT2D eigenvalue weighted by molar-refractivity contribution is 5.82. The molecule has 0 heterocycles. The molecule has 1 saturated carbocycles. The second kappa shape index (κ2) is 13.9. The third kappa shape index (κ3) is 25.0. The minimum Gasteiger partial charge on any atom is -0.262 e. The highest BCUT2D eigenvalue weighted by Crippen LogP contribution is 2.26. The number of hydrogen-bond acceptors (Lipinski definition) is 1. The molecule has 0 saturated heterocycles. The van der Waals surface area contributed by atoms with Gasteiger partial charge in [0.25, 0.3) is 0 Å². The molecule has 0 atom stereocenters. The van der Waals surface area contributed by atoms with Crippen LogP contribution < -0.4 is 0 Å². The minimum atomic E-state index is 0.500. The first-order chi connectivity index (χ1) is 11.4. The van der Waals surface area contributed by atoms with Crippen molar-refractivity contribution in [2.45, 2.75) is 88.5 Å². The first-order valence-corrected chi connectivity index (χ1v) is 9.67. The van der Waals surface area contributed by atoms with E-state index >= 15 is 0 Å². The summed E-state index contributed by atoms with van der Waals surface area (Å²) in [5, 5.41) is 0. The van der Waals surface area contributed by atoms with Gasteiger partial charge in [-0.3, -0.25) is 4.99 Å². The van der Waals surface area contributed by atoms with Crippen molar-refractivity contribution < 1.29 is 0 Å². The Morgan fingerprint density at radius 2 is 1.56 bits per heavy atom. The maximum Gasteiger partial charge on any atom is 0.0346 e. The third-order valence-corrected chi connectivity index (χ3v) is 2.72. The smallest absolute Gasteiger partial charge is 0.0346 e. The molecule has 0 spiro atoms. The van der Waals surface area contributed by atoms with Crippen LogP contribution in [0.25, 0.3) is 0 Å². The summed E-state index contributed by atoms with van der Waals surface area (Å²) in [5.74, 6) is 1.08. The number of benzene rings is 1. The number of hydrogen-bond donors (Lipinski definition) is 0. The standard InChI is InChI=1S/C12H15N.C5H12.C4H8.C3H8/c1-9(2)13-8-12-7-10(3)5-6-11(12)4;1-5(2,3)4;1-4-2-3-4;1-3-2/h5-8H,1H2,2-4H3;1-4H3;4H,2-3H2,1H3;3H2,1-2H3. The van der Waals surface area contributed by atoms with E-state index in [1.165, 1.54) is 36.0 Å². The zero-order valence-corrected chi connectivity index (χ0v) is 18.7. The van der Waals surface area contributed by atoms with Crippen molar-refractivity contribution >= 4 is 6.21 Å². The molecule has 144 valence electrons. The molecular weight excluding hydrogens is 302 g/mol. The lowest BCUT2D eigenvalue weighted by Gasteiger charge is -2.05. The van der Waals surface area contributed by atoms with Gasteiger partial charge in [-0.05, 0) is 43.2 Å². The molecule has 2 rings (SSSR count). The van der Waals surface area contributed by atoms with Crippen molar-refractivity contribution in [3.05, 3.63) is 47.2 Å². The van der Waals surface area contributed by atoms with E-state index in [-0.39, 0.29) is 0 Å². The Morgan fingerprint density at radius 1 is 1.16 bits per heavy atom. The van der Waals surface area contributed by atoms with Gasteiger partial charge in [-0.2, -0.15) is 0 Å². The Morgan fingerprint density at radius 3 is 1.88 bits per heavy atom. The summed E-state index contributed by atoms with van der Waals surface area (Å²) in [6, 6.07) is 6.34. The van der Waals surface area contributed by atoms with Crippen LogP contribution in [0.2, 0.25) is 0 Å². The Kier molecular flexibility index (Phi) is 14.3. The van der Waals surface area contributed by atoms with Gasteiger partial charge in [0, 0.05) is 11.9 Å². The number of nitrogens with zero attached hydrogens (tertiary/aromatic N) is 1. The molecule has 1 aliphatic rings. The van der Waals surface area contributed by atoms with Crippen molar-refractivity contribution in [1.29, 1.82) is 0 Å². The fourth-order valence-electron chi connectivity index (χ4n) is 1.25. The van der Waals surface area contributed by atoms with E-state index in [1.54, 1.807) is 0 Å². The maximum atomic E-state index is 4.18. The van der Waals surface area contributed by atoms with E-state index < -0.39 is 0 Å². The molecule has 0 aliphatic heterocycles. The summed E-state index contributed by atoms with van der Waals surface area (Å²) >= 11 is 0. The fraction of sp³-hybridized carbons (Fsp3) is 0.625. The van der Waals surface area contributed by atoms with Crippen LogP contribution in [0.4, 0.5) is 0 Å². The van der Waals surface area contributed by atoms with Crippen molar-refractivity contribution in [1.82, 2.24) is 0 Å². The number of rotatable bonds is 2. The lowest BCUT2D eigenvalue weighted by atomic mass is 10.0. The molecular formula is C24H43N. The third-order valence-electron chi connectivity index (χ3n) is 2.72. The van der Waals surface area contributed by atoms with Gasteiger partial charge in [0.1, 0.15) is 0 Å². The Hall–Kier alpha value is -1.37. The van der Waals surface area contributed by atoms with E-state index in [1.807, 2.05) is 13.1 Å².